The zero-order chi connectivity index (χ0) is 22.8. The van der Waals surface area contributed by atoms with E-state index in [9.17, 15) is 9.59 Å². The SMILES string of the molecule is COc1ccc([C@@]23C=C[C@]4(CCCC[C@@]42C)[C@H]2C(=O)C[C@H](Cc4ccccc4)C(=O)[C@H]23)cc1. The van der Waals surface area contributed by atoms with Crippen LogP contribution >= 0.6 is 0 Å². The Kier molecular flexibility index (Phi) is 4.53. The van der Waals surface area contributed by atoms with E-state index in [4.69, 9.17) is 4.74 Å². The fraction of sp³-hybridized carbons (Fsp3) is 0.467. The fourth-order valence-corrected chi connectivity index (χ4v) is 8.46. The van der Waals surface area contributed by atoms with Crippen molar-refractivity contribution in [1.29, 1.82) is 0 Å². The Bertz CT molecular complexity index is 1130. The number of carbonyl (C=O) groups excluding carboxylic acids is 2. The minimum absolute atomic E-state index is 0.116. The van der Waals surface area contributed by atoms with E-state index in [0.29, 0.717) is 24.4 Å². The molecule has 0 aliphatic heterocycles. The zero-order valence-electron chi connectivity index (χ0n) is 19.6. The largest absolute Gasteiger partial charge is 0.497 e. The first-order chi connectivity index (χ1) is 16.0. The van der Waals surface area contributed by atoms with Gasteiger partial charge in [0.15, 0.2) is 0 Å². The third kappa shape index (κ3) is 2.51. The summed E-state index contributed by atoms with van der Waals surface area (Å²) in [4.78, 5) is 28.2. The molecule has 4 aliphatic carbocycles. The molecular weight excluding hydrogens is 408 g/mol. The number of ether oxygens (including phenoxy) is 1. The van der Waals surface area contributed by atoms with E-state index < -0.39 is 5.41 Å². The number of carbonyl (C=O) groups is 2. The van der Waals surface area contributed by atoms with Gasteiger partial charge in [-0.05, 0) is 47.9 Å². The maximum atomic E-state index is 14.3. The van der Waals surface area contributed by atoms with Crippen LogP contribution in [0.4, 0.5) is 0 Å². The summed E-state index contributed by atoms with van der Waals surface area (Å²) in [6.07, 6.45) is 10.1. The maximum absolute atomic E-state index is 14.3. The molecule has 4 aliphatic rings. The van der Waals surface area contributed by atoms with Gasteiger partial charge in [-0.2, -0.15) is 0 Å². The Morgan fingerprint density at radius 1 is 0.909 bits per heavy atom. The minimum atomic E-state index is -0.424. The summed E-state index contributed by atoms with van der Waals surface area (Å²) >= 11 is 0. The van der Waals surface area contributed by atoms with Crippen LogP contribution in [0.15, 0.2) is 66.7 Å². The first kappa shape index (κ1) is 20.9. The monoisotopic (exact) mass is 440 g/mol. The number of allylic oxidation sites excluding steroid dienone is 2. The highest BCUT2D eigenvalue weighted by atomic mass is 16.5. The second-order valence-corrected chi connectivity index (χ2v) is 10.9. The number of Topliss-reactive ketones (excluding diaryl/α,β-unsaturated/α-hetero) is 2. The van der Waals surface area contributed by atoms with Crippen molar-refractivity contribution in [3.8, 4) is 5.75 Å². The van der Waals surface area contributed by atoms with Crippen LogP contribution in [-0.4, -0.2) is 18.7 Å². The molecule has 3 nitrogen and oxygen atoms in total. The fourth-order valence-electron chi connectivity index (χ4n) is 8.46. The highest BCUT2D eigenvalue weighted by Gasteiger charge is 2.79. The standard InChI is InChI=1S/C30H32O3/c1-28-14-6-7-15-29(28)16-17-30(28,22-10-12-23(33-2)13-11-22)26-25(29)24(31)19-21(27(26)32)18-20-8-4-3-5-9-20/h3-5,8-13,16-17,21,25-26H,6-7,14-15,18-19H2,1-2H3/t21-,25-,26-,28-,29+,30+/m0/s1. The number of fused-ring (bicyclic) bond motifs is 2. The van der Waals surface area contributed by atoms with E-state index in [-0.39, 0.29) is 28.6 Å². The molecule has 0 spiro atoms. The summed E-state index contributed by atoms with van der Waals surface area (Å²) in [6.45, 7) is 2.38. The molecule has 2 bridgehead atoms. The van der Waals surface area contributed by atoms with Crippen LogP contribution < -0.4 is 4.74 Å². The van der Waals surface area contributed by atoms with Crippen molar-refractivity contribution in [2.45, 2.75) is 50.9 Å². The molecule has 3 heteroatoms. The molecule has 0 radical (unpaired) electrons. The van der Waals surface area contributed by atoms with Crippen molar-refractivity contribution in [1.82, 2.24) is 0 Å². The summed E-state index contributed by atoms with van der Waals surface area (Å²) in [6, 6.07) is 18.5. The van der Waals surface area contributed by atoms with Gasteiger partial charge in [0.05, 0.1) is 7.11 Å². The average Bonchev–Trinajstić information content (AvgIpc) is 3.23. The summed E-state index contributed by atoms with van der Waals surface area (Å²) in [7, 11) is 1.68. The van der Waals surface area contributed by atoms with E-state index in [0.717, 1.165) is 37.0 Å². The number of hydrogen-bond acceptors (Lipinski definition) is 3. The zero-order valence-corrected chi connectivity index (χ0v) is 19.6. The summed E-state index contributed by atoms with van der Waals surface area (Å²) in [5.74, 6) is 0.751. The van der Waals surface area contributed by atoms with Gasteiger partial charge in [0, 0.05) is 35.0 Å². The number of hydrogen-bond donors (Lipinski definition) is 0. The lowest BCUT2D eigenvalue weighted by atomic mass is 9.52. The van der Waals surface area contributed by atoms with E-state index in [1.54, 1.807) is 7.11 Å². The molecule has 0 aromatic heterocycles. The number of methoxy groups -OCH3 is 1. The normalized spacial score (nSPS) is 38.8. The van der Waals surface area contributed by atoms with Crippen molar-refractivity contribution in [2.75, 3.05) is 7.11 Å². The Morgan fingerprint density at radius 2 is 1.64 bits per heavy atom. The van der Waals surface area contributed by atoms with Gasteiger partial charge in [0.1, 0.15) is 17.3 Å². The van der Waals surface area contributed by atoms with Gasteiger partial charge in [-0.15, -0.1) is 0 Å². The van der Waals surface area contributed by atoms with Crippen LogP contribution in [0.3, 0.4) is 0 Å². The summed E-state index contributed by atoms with van der Waals surface area (Å²) in [5.41, 5.74) is 1.57. The maximum Gasteiger partial charge on any atom is 0.141 e. The van der Waals surface area contributed by atoms with Crippen LogP contribution in [-0.2, 0) is 21.4 Å². The molecule has 3 saturated carbocycles. The van der Waals surface area contributed by atoms with Crippen molar-refractivity contribution >= 4 is 11.6 Å². The summed E-state index contributed by atoms with van der Waals surface area (Å²) in [5, 5.41) is 0. The van der Waals surface area contributed by atoms with Crippen LogP contribution in [0, 0.1) is 28.6 Å². The predicted molar refractivity (Wildman–Crippen MR) is 128 cm³/mol. The van der Waals surface area contributed by atoms with Gasteiger partial charge >= 0.3 is 0 Å². The first-order valence-corrected chi connectivity index (χ1v) is 12.4. The van der Waals surface area contributed by atoms with Gasteiger partial charge in [0.25, 0.3) is 0 Å². The second kappa shape index (κ2) is 7.16. The number of benzene rings is 2. The predicted octanol–water partition coefficient (Wildman–Crippen LogP) is 5.72. The van der Waals surface area contributed by atoms with E-state index >= 15 is 0 Å². The smallest absolute Gasteiger partial charge is 0.141 e. The van der Waals surface area contributed by atoms with E-state index in [2.05, 4.69) is 43.3 Å². The second-order valence-electron chi connectivity index (χ2n) is 10.9. The number of rotatable bonds is 4. The Balaban J connectivity index is 1.50. The Morgan fingerprint density at radius 3 is 2.36 bits per heavy atom. The Labute approximate surface area is 196 Å². The summed E-state index contributed by atoms with van der Waals surface area (Å²) < 4.78 is 5.43. The van der Waals surface area contributed by atoms with E-state index in [1.165, 1.54) is 5.56 Å². The van der Waals surface area contributed by atoms with Crippen LogP contribution in [0.2, 0.25) is 0 Å². The van der Waals surface area contributed by atoms with Gasteiger partial charge in [-0.25, -0.2) is 0 Å². The first-order valence-electron chi connectivity index (χ1n) is 12.4. The third-order valence-corrected chi connectivity index (χ3v) is 9.88. The minimum Gasteiger partial charge on any atom is -0.497 e. The van der Waals surface area contributed by atoms with Gasteiger partial charge in [0.2, 0.25) is 0 Å². The molecule has 170 valence electrons. The molecule has 0 N–H and O–H groups in total. The average molecular weight is 441 g/mol. The lowest BCUT2D eigenvalue weighted by Gasteiger charge is -2.50. The molecule has 0 amide bonds. The van der Waals surface area contributed by atoms with Crippen LogP contribution in [0.5, 0.6) is 5.75 Å². The molecule has 6 atom stereocenters. The highest BCUT2D eigenvalue weighted by Crippen LogP contribution is 2.79. The molecule has 0 heterocycles. The third-order valence-electron chi connectivity index (χ3n) is 9.88. The molecular formula is C30H32O3. The van der Waals surface area contributed by atoms with E-state index in [1.807, 2.05) is 30.3 Å². The molecule has 0 saturated heterocycles. The quantitative estimate of drug-likeness (QED) is 0.572. The van der Waals surface area contributed by atoms with Crippen LogP contribution in [0.1, 0.15) is 50.2 Å². The van der Waals surface area contributed by atoms with Crippen molar-refractivity contribution in [3.05, 3.63) is 77.9 Å². The molecule has 6 rings (SSSR count). The molecule has 3 fully saturated rings. The number of ketones is 2. The molecule has 2 aromatic carbocycles. The lowest BCUT2D eigenvalue weighted by molar-refractivity contribution is -0.145. The molecule has 0 unspecified atom stereocenters. The van der Waals surface area contributed by atoms with Gasteiger partial charge in [-0.1, -0.05) is 74.4 Å². The lowest BCUT2D eigenvalue weighted by Crippen LogP contribution is -2.50. The Hall–Kier alpha value is -2.68. The van der Waals surface area contributed by atoms with Crippen molar-refractivity contribution in [3.63, 3.8) is 0 Å². The van der Waals surface area contributed by atoms with Crippen molar-refractivity contribution in [2.24, 2.45) is 28.6 Å². The molecule has 33 heavy (non-hydrogen) atoms. The van der Waals surface area contributed by atoms with Gasteiger partial charge in [-0.3, -0.25) is 9.59 Å². The van der Waals surface area contributed by atoms with Crippen molar-refractivity contribution < 1.29 is 14.3 Å². The van der Waals surface area contributed by atoms with Crippen LogP contribution in [0.25, 0.3) is 0 Å². The molecule has 2 aromatic rings. The topological polar surface area (TPSA) is 43.4 Å². The van der Waals surface area contributed by atoms with Gasteiger partial charge < -0.3 is 4.74 Å². The highest BCUT2D eigenvalue weighted by molar-refractivity contribution is 6.01.